The van der Waals surface area contributed by atoms with Crippen LogP contribution in [0.3, 0.4) is 0 Å². The Balaban J connectivity index is 1.45. The summed E-state index contributed by atoms with van der Waals surface area (Å²) in [7, 11) is -4.17. The number of amides is 2. The first-order valence-electron chi connectivity index (χ1n) is 12.4. The van der Waals surface area contributed by atoms with E-state index in [1.165, 1.54) is 23.3 Å². The Kier molecular flexibility index (Phi) is 6.17. The molecule has 0 aromatic heterocycles. The molecule has 6 rings (SSSR count). The first kappa shape index (κ1) is 24.8. The fraction of sp³-hybridized carbons (Fsp3) is 0.133. The van der Waals surface area contributed by atoms with E-state index in [1.54, 1.807) is 66.7 Å². The fourth-order valence-electron chi connectivity index (χ4n) is 5.10. The number of aryl methyl sites for hydroxylation is 1. The molecule has 0 N–H and O–H groups in total. The first-order valence-corrected chi connectivity index (χ1v) is 13.8. The molecular formula is C30H24N2O6S. The first-order chi connectivity index (χ1) is 18.8. The maximum absolute atomic E-state index is 13.9. The summed E-state index contributed by atoms with van der Waals surface area (Å²) < 4.78 is 31.9. The molecule has 4 aromatic carbocycles. The lowest BCUT2D eigenvalue weighted by molar-refractivity contribution is -0.126. The van der Waals surface area contributed by atoms with Crippen LogP contribution in [0.5, 0.6) is 5.75 Å². The number of rotatable bonds is 6. The smallest absolute Gasteiger partial charge is 0.339 e. The third kappa shape index (κ3) is 4.35. The lowest BCUT2D eigenvalue weighted by atomic mass is 9.90. The molecule has 196 valence electrons. The lowest BCUT2D eigenvalue weighted by Crippen LogP contribution is -2.37. The summed E-state index contributed by atoms with van der Waals surface area (Å²) in [5.74, 6) is -1.80. The van der Waals surface area contributed by atoms with Crippen molar-refractivity contribution in [3.05, 3.63) is 120 Å². The predicted molar refractivity (Wildman–Crippen MR) is 144 cm³/mol. The van der Waals surface area contributed by atoms with E-state index in [-0.39, 0.29) is 10.6 Å². The quantitative estimate of drug-likeness (QED) is 0.256. The van der Waals surface area contributed by atoms with Crippen LogP contribution >= 0.6 is 0 Å². The Bertz CT molecular complexity index is 1660. The zero-order valence-electron chi connectivity index (χ0n) is 20.9. The molecule has 2 fully saturated rings. The number of imide groups is 1. The van der Waals surface area contributed by atoms with Crippen molar-refractivity contribution in [2.45, 2.75) is 24.0 Å². The van der Waals surface area contributed by atoms with Gasteiger partial charge in [0, 0.05) is 5.56 Å². The Morgan fingerprint density at radius 3 is 2.10 bits per heavy atom. The molecule has 9 heteroatoms. The van der Waals surface area contributed by atoms with Crippen molar-refractivity contribution >= 4 is 33.3 Å². The molecule has 39 heavy (non-hydrogen) atoms. The maximum atomic E-state index is 13.9. The van der Waals surface area contributed by atoms with Crippen LogP contribution in [0.4, 0.5) is 11.4 Å². The highest BCUT2D eigenvalue weighted by Crippen LogP contribution is 2.49. The van der Waals surface area contributed by atoms with E-state index in [0.29, 0.717) is 16.9 Å². The summed E-state index contributed by atoms with van der Waals surface area (Å²) in [6.07, 6.45) is -1.10. The Morgan fingerprint density at radius 1 is 0.744 bits per heavy atom. The molecular weight excluding hydrogens is 516 g/mol. The number of nitrogens with zero attached hydrogens (tertiary/aromatic N) is 2. The van der Waals surface area contributed by atoms with Crippen LogP contribution in [-0.4, -0.2) is 26.3 Å². The maximum Gasteiger partial charge on any atom is 0.339 e. The molecule has 2 amide bonds. The highest BCUT2D eigenvalue weighted by molar-refractivity contribution is 7.87. The van der Waals surface area contributed by atoms with Gasteiger partial charge in [0.15, 0.2) is 6.10 Å². The Hall–Kier alpha value is -4.47. The Morgan fingerprint density at radius 2 is 1.38 bits per heavy atom. The minimum Gasteiger partial charge on any atom is -0.379 e. The monoisotopic (exact) mass is 540 g/mol. The van der Waals surface area contributed by atoms with E-state index >= 15 is 0 Å². The van der Waals surface area contributed by atoms with Crippen LogP contribution < -0.4 is 14.1 Å². The third-order valence-corrected chi connectivity index (χ3v) is 8.10. The number of hydrogen-bond donors (Lipinski definition) is 0. The number of carbonyl (C=O) groups excluding carboxylic acids is 2. The molecule has 2 heterocycles. The number of hydroxylamine groups is 1. The van der Waals surface area contributed by atoms with Gasteiger partial charge < -0.3 is 4.18 Å². The van der Waals surface area contributed by atoms with Gasteiger partial charge in [-0.05, 0) is 55.0 Å². The second kappa shape index (κ2) is 9.68. The van der Waals surface area contributed by atoms with Crippen molar-refractivity contribution in [2.24, 2.45) is 5.92 Å². The van der Waals surface area contributed by atoms with Crippen LogP contribution in [0.2, 0.25) is 0 Å². The van der Waals surface area contributed by atoms with E-state index in [2.05, 4.69) is 0 Å². The molecule has 0 saturated carbocycles. The van der Waals surface area contributed by atoms with Gasteiger partial charge in [-0.15, -0.1) is 0 Å². The standard InChI is InChI=1S/C30H24N2O6S/c1-20-11-10-14-22(19-20)31-29(33)26-27(32(37-28(26)30(31)34)21-12-4-2-5-13-21)24-17-8-9-18-25(24)38-39(35,36)23-15-6-3-7-16-23/h2-19,26-28H,1H3/t26-,27+,28-/m1/s1. The van der Waals surface area contributed by atoms with E-state index < -0.39 is 40.0 Å². The molecule has 3 atom stereocenters. The lowest BCUT2D eigenvalue weighted by Gasteiger charge is -2.29. The Labute approximate surface area is 226 Å². The second-order valence-corrected chi connectivity index (χ2v) is 10.9. The predicted octanol–water partition coefficient (Wildman–Crippen LogP) is 4.81. The van der Waals surface area contributed by atoms with Gasteiger partial charge in [-0.1, -0.05) is 66.7 Å². The number of hydrogen-bond acceptors (Lipinski definition) is 7. The van der Waals surface area contributed by atoms with Crippen molar-refractivity contribution < 1.29 is 27.0 Å². The number of anilines is 2. The van der Waals surface area contributed by atoms with Crippen molar-refractivity contribution in [3.8, 4) is 5.75 Å². The highest BCUT2D eigenvalue weighted by atomic mass is 32.2. The van der Waals surface area contributed by atoms with Crippen LogP contribution in [-0.2, 0) is 24.5 Å². The van der Waals surface area contributed by atoms with E-state index in [0.717, 1.165) is 10.5 Å². The van der Waals surface area contributed by atoms with Crippen LogP contribution in [0.25, 0.3) is 0 Å². The van der Waals surface area contributed by atoms with Gasteiger partial charge in [0.2, 0.25) is 5.91 Å². The number of carbonyl (C=O) groups is 2. The molecule has 0 spiro atoms. The van der Waals surface area contributed by atoms with Gasteiger partial charge in [-0.25, -0.2) is 9.96 Å². The van der Waals surface area contributed by atoms with Crippen molar-refractivity contribution in [1.29, 1.82) is 0 Å². The molecule has 2 saturated heterocycles. The van der Waals surface area contributed by atoms with Gasteiger partial charge in [0.1, 0.15) is 16.6 Å². The van der Waals surface area contributed by atoms with Gasteiger partial charge in [-0.3, -0.25) is 14.4 Å². The SMILES string of the molecule is Cc1cccc(N2C(=O)[C@H]3[C@@H](ON(c4ccccc4)[C@H]3c3ccccc3OS(=O)(=O)c3ccccc3)C2=O)c1. The zero-order valence-corrected chi connectivity index (χ0v) is 21.7. The highest BCUT2D eigenvalue weighted by Gasteiger charge is 2.60. The van der Waals surface area contributed by atoms with Crippen LogP contribution in [0.1, 0.15) is 17.2 Å². The topological polar surface area (TPSA) is 93.2 Å². The number of benzene rings is 4. The summed E-state index contributed by atoms with van der Waals surface area (Å²) in [5, 5.41) is 1.51. The largest absolute Gasteiger partial charge is 0.379 e. The average Bonchev–Trinajstić information content (AvgIpc) is 3.45. The minimum absolute atomic E-state index is 0.00184. The third-order valence-electron chi connectivity index (χ3n) is 6.85. The van der Waals surface area contributed by atoms with Gasteiger partial charge >= 0.3 is 10.1 Å². The summed E-state index contributed by atoms with van der Waals surface area (Å²) in [6, 6.07) is 29.8. The molecule has 0 aliphatic carbocycles. The number of fused-ring (bicyclic) bond motifs is 1. The molecule has 8 nitrogen and oxygen atoms in total. The summed E-state index contributed by atoms with van der Waals surface area (Å²) >= 11 is 0. The fourth-order valence-corrected chi connectivity index (χ4v) is 6.08. The van der Waals surface area contributed by atoms with Gasteiger partial charge in [0.05, 0.1) is 17.4 Å². The zero-order chi connectivity index (χ0) is 27.1. The molecule has 4 aromatic rings. The molecule has 2 aliphatic rings. The number of para-hydroxylation sites is 2. The second-order valence-electron chi connectivity index (χ2n) is 9.40. The van der Waals surface area contributed by atoms with Crippen molar-refractivity contribution in [2.75, 3.05) is 9.96 Å². The summed E-state index contributed by atoms with van der Waals surface area (Å²) in [4.78, 5) is 34.9. The molecule has 0 radical (unpaired) electrons. The molecule has 0 unspecified atom stereocenters. The summed E-state index contributed by atoms with van der Waals surface area (Å²) in [5.41, 5.74) is 2.38. The van der Waals surface area contributed by atoms with Crippen LogP contribution in [0.15, 0.2) is 114 Å². The van der Waals surface area contributed by atoms with E-state index in [4.69, 9.17) is 9.02 Å². The molecule has 2 aliphatic heterocycles. The van der Waals surface area contributed by atoms with Gasteiger partial charge in [0.25, 0.3) is 5.91 Å². The average molecular weight is 541 g/mol. The van der Waals surface area contributed by atoms with Crippen molar-refractivity contribution in [3.63, 3.8) is 0 Å². The van der Waals surface area contributed by atoms with Gasteiger partial charge in [-0.2, -0.15) is 8.42 Å². The summed E-state index contributed by atoms with van der Waals surface area (Å²) in [6.45, 7) is 1.88. The van der Waals surface area contributed by atoms with E-state index in [9.17, 15) is 18.0 Å². The van der Waals surface area contributed by atoms with Crippen molar-refractivity contribution in [1.82, 2.24) is 0 Å². The molecule has 0 bridgehead atoms. The van der Waals surface area contributed by atoms with Crippen LogP contribution in [0, 0.1) is 12.8 Å². The normalized spacial score (nSPS) is 20.8. The van der Waals surface area contributed by atoms with E-state index in [1.807, 2.05) is 31.2 Å². The minimum atomic E-state index is -4.17.